The van der Waals surface area contributed by atoms with Gasteiger partial charge in [0.15, 0.2) is 0 Å². The van der Waals surface area contributed by atoms with Crippen LogP contribution in [0, 0.1) is 6.92 Å². The number of ether oxygens (including phenoxy) is 1. The summed E-state index contributed by atoms with van der Waals surface area (Å²) in [5, 5.41) is 6.96. The van der Waals surface area contributed by atoms with E-state index in [2.05, 4.69) is 20.4 Å². The van der Waals surface area contributed by atoms with Crippen LogP contribution >= 0.6 is 0 Å². The predicted molar refractivity (Wildman–Crippen MR) is 90.8 cm³/mol. The predicted octanol–water partition coefficient (Wildman–Crippen LogP) is 2.14. The molecular formula is C18H22N4O3. The molecule has 2 aliphatic heterocycles. The summed E-state index contributed by atoms with van der Waals surface area (Å²) < 4.78 is 11.2. The molecule has 0 unspecified atom stereocenters. The zero-order valence-electron chi connectivity index (χ0n) is 14.2. The first-order valence-corrected chi connectivity index (χ1v) is 8.71. The third kappa shape index (κ3) is 3.57. The Morgan fingerprint density at radius 1 is 1.40 bits per heavy atom. The lowest BCUT2D eigenvalue weighted by Crippen LogP contribution is -2.46. The van der Waals surface area contributed by atoms with E-state index in [0.717, 1.165) is 43.8 Å². The van der Waals surface area contributed by atoms with Gasteiger partial charge in [0.1, 0.15) is 11.9 Å². The third-order valence-electron chi connectivity index (χ3n) is 4.93. The van der Waals surface area contributed by atoms with Gasteiger partial charge in [-0.1, -0.05) is 5.16 Å². The maximum atomic E-state index is 12.4. The van der Waals surface area contributed by atoms with Gasteiger partial charge >= 0.3 is 0 Å². The minimum absolute atomic E-state index is 0.0861. The Balaban J connectivity index is 1.34. The first kappa shape index (κ1) is 16.2. The molecule has 0 aliphatic carbocycles. The van der Waals surface area contributed by atoms with E-state index < -0.39 is 6.10 Å². The van der Waals surface area contributed by atoms with Crippen molar-refractivity contribution in [3.63, 3.8) is 0 Å². The van der Waals surface area contributed by atoms with Crippen molar-refractivity contribution in [2.24, 2.45) is 0 Å². The van der Waals surface area contributed by atoms with E-state index in [1.807, 2.05) is 19.1 Å². The monoisotopic (exact) mass is 342 g/mol. The van der Waals surface area contributed by atoms with E-state index in [4.69, 9.17) is 9.26 Å². The van der Waals surface area contributed by atoms with Gasteiger partial charge in [0.2, 0.25) is 0 Å². The van der Waals surface area contributed by atoms with Crippen molar-refractivity contribution >= 4 is 11.6 Å². The van der Waals surface area contributed by atoms with Crippen LogP contribution in [-0.2, 0) is 16.1 Å². The maximum absolute atomic E-state index is 12.4. The molecule has 2 aromatic heterocycles. The molecule has 4 rings (SSSR count). The lowest BCUT2D eigenvalue weighted by Gasteiger charge is -2.35. The van der Waals surface area contributed by atoms with Crippen LogP contribution in [0.5, 0.6) is 0 Å². The molecule has 7 nitrogen and oxygen atoms in total. The molecule has 132 valence electrons. The van der Waals surface area contributed by atoms with Gasteiger partial charge in [0, 0.05) is 31.4 Å². The molecule has 2 aliphatic rings. The number of nitrogens with zero attached hydrogens (tertiary/aromatic N) is 3. The zero-order chi connectivity index (χ0) is 17.2. The number of hydrogen-bond acceptors (Lipinski definition) is 6. The number of fused-ring (bicyclic) bond motifs is 1. The molecule has 3 atom stereocenters. The number of nitrogens with one attached hydrogen (secondary N) is 1. The van der Waals surface area contributed by atoms with Crippen LogP contribution in [0.4, 0.5) is 5.69 Å². The molecule has 7 heteroatoms. The van der Waals surface area contributed by atoms with Crippen LogP contribution in [0.25, 0.3) is 0 Å². The molecule has 0 spiro atoms. The standard InChI is InChI=1S/C18H22N4O3/c1-12-9-14(21-25-12)11-22-8-6-16-15(22)4-5-17(24-16)18(23)20-13-3-2-7-19-10-13/h2-3,7,9-10,15-17H,4-6,8,11H2,1H3,(H,20,23)/t15-,16-,17+/m1/s1. The smallest absolute Gasteiger partial charge is 0.253 e. The van der Waals surface area contributed by atoms with Crippen molar-refractivity contribution < 1.29 is 14.1 Å². The fourth-order valence-electron chi connectivity index (χ4n) is 3.76. The molecule has 2 fully saturated rings. The van der Waals surface area contributed by atoms with Gasteiger partial charge in [0.25, 0.3) is 5.91 Å². The topological polar surface area (TPSA) is 80.5 Å². The van der Waals surface area contributed by atoms with Crippen molar-refractivity contribution in [3.8, 4) is 0 Å². The van der Waals surface area contributed by atoms with Gasteiger partial charge in [-0.15, -0.1) is 0 Å². The average Bonchev–Trinajstić information content (AvgIpc) is 3.22. The third-order valence-corrected chi connectivity index (χ3v) is 4.93. The Hall–Kier alpha value is -2.25. The summed E-state index contributed by atoms with van der Waals surface area (Å²) in [6, 6.07) is 5.95. The lowest BCUT2D eigenvalue weighted by atomic mass is 9.98. The number of anilines is 1. The Labute approximate surface area is 146 Å². The largest absolute Gasteiger partial charge is 0.363 e. The highest BCUT2D eigenvalue weighted by Gasteiger charge is 2.41. The molecule has 0 radical (unpaired) electrons. The number of likely N-dealkylation sites (tertiary alicyclic amines) is 1. The second-order valence-corrected chi connectivity index (χ2v) is 6.73. The normalized spacial score (nSPS) is 26.4. The van der Waals surface area contributed by atoms with E-state index in [1.165, 1.54) is 0 Å². The molecule has 1 N–H and O–H groups in total. The highest BCUT2D eigenvalue weighted by molar-refractivity contribution is 5.94. The van der Waals surface area contributed by atoms with E-state index in [-0.39, 0.29) is 12.0 Å². The van der Waals surface area contributed by atoms with Crippen LogP contribution in [-0.4, -0.2) is 45.7 Å². The van der Waals surface area contributed by atoms with Gasteiger partial charge in [-0.2, -0.15) is 0 Å². The number of hydrogen-bond donors (Lipinski definition) is 1. The number of pyridine rings is 1. The van der Waals surface area contributed by atoms with Crippen LogP contribution in [0.2, 0.25) is 0 Å². The summed E-state index contributed by atoms with van der Waals surface area (Å²) in [7, 11) is 0. The summed E-state index contributed by atoms with van der Waals surface area (Å²) >= 11 is 0. The van der Waals surface area contributed by atoms with Crippen LogP contribution in [0.1, 0.15) is 30.7 Å². The van der Waals surface area contributed by atoms with E-state index in [0.29, 0.717) is 11.7 Å². The number of rotatable bonds is 4. The van der Waals surface area contributed by atoms with Gasteiger partial charge < -0.3 is 14.6 Å². The van der Waals surface area contributed by atoms with Crippen molar-refractivity contribution in [3.05, 3.63) is 42.0 Å². The number of amides is 1. The lowest BCUT2D eigenvalue weighted by molar-refractivity contribution is -0.138. The van der Waals surface area contributed by atoms with E-state index in [1.54, 1.807) is 18.5 Å². The van der Waals surface area contributed by atoms with Crippen LogP contribution in [0.15, 0.2) is 35.1 Å². The molecule has 2 saturated heterocycles. The molecule has 0 aromatic carbocycles. The van der Waals surface area contributed by atoms with Gasteiger partial charge in [-0.05, 0) is 38.3 Å². The first-order valence-electron chi connectivity index (χ1n) is 8.71. The SMILES string of the molecule is Cc1cc(CN2CC[C@H]3O[C@H](C(=O)Nc4cccnc4)CC[C@H]32)no1. The zero-order valence-corrected chi connectivity index (χ0v) is 14.2. The minimum Gasteiger partial charge on any atom is -0.363 e. The summed E-state index contributed by atoms with van der Waals surface area (Å²) in [4.78, 5) is 18.8. The van der Waals surface area contributed by atoms with Gasteiger partial charge in [-0.25, -0.2) is 0 Å². The second-order valence-electron chi connectivity index (χ2n) is 6.73. The van der Waals surface area contributed by atoms with Crippen molar-refractivity contribution in [1.82, 2.24) is 15.0 Å². The number of aromatic nitrogens is 2. The Morgan fingerprint density at radius 2 is 2.32 bits per heavy atom. The first-order chi connectivity index (χ1) is 12.2. The number of carbonyl (C=O) groups is 1. The van der Waals surface area contributed by atoms with Crippen molar-refractivity contribution in [2.45, 2.75) is 51.0 Å². The molecule has 25 heavy (non-hydrogen) atoms. The fourth-order valence-corrected chi connectivity index (χ4v) is 3.76. The summed E-state index contributed by atoms with van der Waals surface area (Å²) in [6.07, 6.45) is 5.65. The molecule has 2 aromatic rings. The Bertz CT molecular complexity index is 733. The Kier molecular flexibility index (Phi) is 4.50. The quantitative estimate of drug-likeness (QED) is 0.917. The molecule has 1 amide bonds. The fraction of sp³-hybridized carbons (Fsp3) is 0.500. The minimum atomic E-state index is -0.393. The van der Waals surface area contributed by atoms with Crippen molar-refractivity contribution in [2.75, 3.05) is 11.9 Å². The van der Waals surface area contributed by atoms with Crippen LogP contribution in [0.3, 0.4) is 0 Å². The summed E-state index contributed by atoms with van der Waals surface area (Å²) in [5.74, 6) is 0.745. The number of carbonyl (C=O) groups excluding carboxylic acids is 1. The number of aryl methyl sites for hydroxylation is 1. The van der Waals surface area contributed by atoms with Crippen LogP contribution < -0.4 is 5.32 Å². The molecule has 0 saturated carbocycles. The highest BCUT2D eigenvalue weighted by atomic mass is 16.5. The summed E-state index contributed by atoms with van der Waals surface area (Å²) in [6.45, 7) is 3.63. The van der Waals surface area contributed by atoms with Gasteiger partial charge in [-0.3, -0.25) is 14.7 Å². The van der Waals surface area contributed by atoms with Crippen molar-refractivity contribution in [1.29, 1.82) is 0 Å². The van der Waals surface area contributed by atoms with E-state index >= 15 is 0 Å². The average molecular weight is 342 g/mol. The Morgan fingerprint density at radius 3 is 3.08 bits per heavy atom. The molecule has 0 bridgehead atoms. The van der Waals surface area contributed by atoms with Gasteiger partial charge in [0.05, 0.1) is 23.7 Å². The maximum Gasteiger partial charge on any atom is 0.253 e. The molecular weight excluding hydrogens is 320 g/mol. The highest BCUT2D eigenvalue weighted by Crippen LogP contribution is 2.32. The van der Waals surface area contributed by atoms with E-state index in [9.17, 15) is 4.79 Å². The molecule has 4 heterocycles. The summed E-state index contributed by atoms with van der Waals surface area (Å²) in [5.41, 5.74) is 1.65. The second kappa shape index (κ2) is 6.93.